The molecule has 0 saturated carbocycles. The Morgan fingerprint density at radius 2 is 2.07 bits per heavy atom. The van der Waals surface area contributed by atoms with Crippen molar-refractivity contribution in [2.75, 3.05) is 11.4 Å². The Balaban J connectivity index is 1.85. The molecule has 0 N–H and O–H groups in total. The van der Waals surface area contributed by atoms with E-state index in [-0.39, 0.29) is 11.7 Å². The van der Waals surface area contributed by atoms with Crippen LogP contribution in [-0.4, -0.2) is 28.5 Å². The molecule has 0 saturated heterocycles. The van der Waals surface area contributed by atoms with Crippen molar-refractivity contribution in [1.82, 2.24) is 4.98 Å². The minimum Gasteiger partial charge on any atom is -0.311 e. The van der Waals surface area contributed by atoms with E-state index in [1.165, 1.54) is 24.2 Å². The lowest BCUT2D eigenvalue weighted by Crippen LogP contribution is -2.40. The molecule has 1 aliphatic heterocycles. The molecule has 138 valence electrons. The smallest absolute Gasteiger partial charge is 0.240 e. The summed E-state index contributed by atoms with van der Waals surface area (Å²) < 4.78 is 0. The van der Waals surface area contributed by atoms with Gasteiger partial charge in [0, 0.05) is 23.5 Å². The highest BCUT2D eigenvalue weighted by Crippen LogP contribution is 2.32. The highest BCUT2D eigenvalue weighted by molar-refractivity contribution is 8.00. The van der Waals surface area contributed by atoms with Crippen LogP contribution in [0.2, 0.25) is 0 Å². The van der Waals surface area contributed by atoms with Crippen molar-refractivity contribution in [2.24, 2.45) is 0 Å². The van der Waals surface area contributed by atoms with Gasteiger partial charge in [0.25, 0.3) is 0 Å². The first-order valence-corrected chi connectivity index (χ1v) is 9.79. The van der Waals surface area contributed by atoms with E-state index >= 15 is 0 Å². The molecule has 3 rings (SSSR count). The van der Waals surface area contributed by atoms with Crippen LogP contribution >= 0.6 is 11.8 Å². The third kappa shape index (κ3) is 3.88. The fraction of sp³-hybridized carbons (Fsp3) is 0.333. The van der Waals surface area contributed by atoms with Gasteiger partial charge in [-0.25, -0.2) is 4.98 Å². The van der Waals surface area contributed by atoms with E-state index in [2.05, 4.69) is 17.1 Å². The van der Waals surface area contributed by atoms with Gasteiger partial charge in [0.05, 0.1) is 10.8 Å². The summed E-state index contributed by atoms with van der Waals surface area (Å²) in [7, 11) is 0. The number of ketones is 1. The lowest BCUT2D eigenvalue weighted by atomic mass is 10.0. The first-order chi connectivity index (χ1) is 12.9. The summed E-state index contributed by atoms with van der Waals surface area (Å²) in [4.78, 5) is 31.0. The summed E-state index contributed by atoms with van der Waals surface area (Å²) in [6.07, 6.45) is 1.92. The summed E-state index contributed by atoms with van der Waals surface area (Å²) in [5, 5.41) is 9.54. The van der Waals surface area contributed by atoms with Gasteiger partial charge >= 0.3 is 0 Å². The van der Waals surface area contributed by atoms with Gasteiger partial charge in [-0.1, -0.05) is 30.0 Å². The Bertz CT molecular complexity index is 949. The number of nitrogens with zero attached hydrogens (tertiary/aromatic N) is 3. The highest BCUT2D eigenvalue weighted by atomic mass is 32.2. The minimum absolute atomic E-state index is 0.00568. The molecule has 0 bridgehead atoms. The summed E-state index contributed by atoms with van der Waals surface area (Å²) in [5.74, 6) is -0.117. The fourth-order valence-electron chi connectivity index (χ4n) is 3.31. The normalized spacial score (nSPS) is 14.2. The van der Waals surface area contributed by atoms with Crippen LogP contribution in [0.5, 0.6) is 0 Å². The predicted molar refractivity (Wildman–Crippen MR) is 106 cm³/mol. The van der Waals surface area contributed by atoms with Crippen LogP contribution in [-0.2, 0) is 11.2 Å². The Kier molecular flexibility index (Phi) is 5.62. The Hall–Kier alpha value is -2.65. The standard InChI is InChI=1S/C21H21N3O2S/c1-13-18(14(2)25)11-17(12-22)20(23-13)27-15(3)21(26)24-10-6-8-16-7-4-5-9-19(16)24/h4-5,7,9,11,15H,6,8,10H2,1-3H3/t15-/m0/s1. The maximum absolute atomic E-state index is 13.1. The number of amides is 1. The Morgan fingerprint density at radius 3 is 2.78 bits per heavy atom. The Labute approximate surface area is 163 Å². The number of nitriles is 1. The second-order valence-electron chi connectivity index (χ2n) is 6.62. The number of thioether (sulfide) groups is 1. The number of para-hydroxylation sites is 1. The monoisotopic (exact) mass is 379 g/mol. The molecule has 1 atom stereocenters. The topological polar surface area (TPSA) is 74.1 Å². The van der Waals surface area contributed by atoms with Gasteiger partial charge < -0.3 is 4.90 Å². The summed E-state index contributed by atoms with van der Waals surface area (Å²) >= 11 is 1.27. The summed E-state index contributed by atoms with van der Waals surface area (Å²) in [6, 6.07) is 11.6. The van der Waals surface area contributed by atoms with Crippen LogP contribution in [0.15, 0.2) is 35.4 Å². The van der Waals surface area contributed by atoms with Crippen molar-refractivity contribution in [3.8, 4) is 6.07 Å². The van der Waals surface area contributed by atoms with Gasteiger partial charge in [-0.15, -0.1) is 0 Å². The van der Waals surface area contributed by atoms with Gasteiger partial charge in [-0.3, -0.25) is 9.59 Å². The second kappa shape index (κ2) is 7.93. The molecule has 0 unspecified atom stereocenters. The van der Waals surface area contributed by atoms with Gasteiger partial charge in [0.15, 0.2) is 5.78 Å². The number of benzene rings is 1. The van der Waals surface area contributed by atoms with Gasteiger partial charge in [0.2, 0.25) is 5.91 Å². The van der Waals surface area contributed by atoms with Crippen molar-refractivity contribution in [1.29, 1.82) is 5.26 Å². The SMILES string of the molecule is CC(=O)c1cc(C#N)c(S[C@@H](C)C(=O)N2CCCc3ccccc32)nc1C. The van der Waals surface area contributed by atoms with Crippen molar-refractivity contribution >= 4 is 29.1 Å². The zero-order valence-corrected chi connectivity index (χ0v) is 16.5. The predicted octanol–water partition coefficient (Wildman–Crippen LogP) is 3.92. The molecule has 2 heterocycles. The van der Waals surface area contributed by atoms with E-state index in [0.717, 1.165) is 18.5 Å². The third-order valence-corrected chi connectivity index (χ3v) is 5.78. The molecule has 1 aromatic heterocycles. The molecule has 0 radical (unpaired) electrons. The average Bonchev–Trinajstić information content (AvgIpc) is 2.66. The quantitative estimate of drug-likeness (QED) is 0.594. The number of aromatic nitrogens is 1. The number of fused-ring (bicyclic) bond motifs is 1. The van der Waals surface area contributed by atoms with E-state index in [0.29, 0.717) is 28.4 Å². The van der Waals surface area contributed by atoms with Gasteiger partial charge in [-0.2, -0.15) is 5.26 Å². The number of hydrogen-bond donors (Lipinski definition) is 0. The maximum Gasteiger partial charge on any atom is 0.240 e. The molecule has 0 spiro atoms. The van der Waals surface area contributed by atoms with E-state index < -0.39 is 5.25 Å². The van der Waals surface area contributed by atoms with Crippen molar-refractivity contribution in [2.45, 2.75) is 43.9 Å². The summed E-state index contributed by atoms with van der Waals surface area (Å²) in [6.45, 7) is 5.73. The molecule has 2 aromatic rings. The van der Waals surface area contributed by atoms with Crippen LogP contribution in [0, 0.1) is 18.3 Å². The van der Waals surface area contributed by atoms with Crippen LogP contribution in [0.4, 0.5) is 5.69 Å². The number of carbonyl (C=O) groups excluding carboxylic acids is 2. The van der Waals surface area contributed by atoms with Crippen LogP contribution in [0.1, 0.15) is 47.4 Å². The van der Waals surface area contributed by atoms with Gasteiger partial charge in [0.1, 0.15) is 11.1 Å². The van der Waals surface area contributed by atoms with Crippen molar-refractivity contribution < 1.29 is 9.59 Å². The molecular formula is C21H21N3O2S. The highest BCUT2D eigenvalue weighted by Gasteiger charge is 2.28. The Morgan fingerprint density at radius 1 is 1.33 bits per heavy atom. The first kappa shape index (κ1) is 19.1. The zero-order valence-electron chi connectivity index (χ0n) is 15.7. The minimum atomic E-state index is -0.390. The number of anilines is 1. The van der Waals surface area contributed by atoms with Crippen LogP contribution in [0.3, 0.4) is 0 Å². The zero-order chi connectivity index (χ0) is 19.6. The largest absolute Gasteiger partial charge is 0.311 e. The van der Waals surface area contributed by atoms with E-state index in [1.54, 1.807) is 13.0 Å². The molecular weight excluding hydrogens is 358 g/mol. The number of Topliss-reactive ketones (excluding diaryl/α,β-unsaturated/α-hetero) is 1. The van der Waals surface area contributed by atoms with Crippen LogP contribution in [0.25, 0.3) is 0 Å². The number of aryl methyl sites for hydroxylation is 2. The van der Waals surface area contributed by atoms with Gasteiger partial charge in [-0.05, 0) is 51.3 Å². The second-order valence-corrected chi connectivity index (χ2v) is 7.95. The molecule has 1 aliphatic rings. The first-order valence-electron chi connectivity index (χ1n) is 8.91. The number of hydrogen-bond acceptors (Lipinski definition) is 5. The van der Waals surface area contributed by atoms with E-state index in [9.17, 15) is 14.9 Å². The molecule has 6 heteroatoms. The van der Waals surface area contributed by atoms with Crippen LogP contribution < -0.4 is 4.90 Å². The molecule has 5 nitrogen and oxygen atoms in total. The lowest BCUT2D eigenvalue weighted by molar-refractivity contribution is -0.117. The number of pyridine rings is 1. The maximum atomic E-state index is 13.1. The molecule has 0 aliphatic carbocycles. The van der Waals surface area contributed by atoms with Crippen molar-refractivity contribution in [3.05, 3.63) is 52.7 Å². The van der Waals surface area contributed by atoms with Crippen molar-refractivity contribution in [3.63, 3.8) is 0 Å². The molecule has 1 amide bonds. The lowest BCUT2D eigenvalue weighted by Gasteiger charge is -2.31. The third-order valence-electron chi connectivity index (χ3n) is 4.69. The summed E-state index contributed by atoms with van der Waals surface area (Å²) in [5.41, 5.74) is 3.51. The number of carbonyl (C=O) groups is 2. The van der Waals surface area contributed by atoms with E-state index in [1.807, 2.05) is 30.0 Å². The van der Waals surface area contributed by atoms with E-state index in [4.69, 9.17) is 0 Å². The molecule has 27 heavy (non-hydrogen) atoms. The number of rotatable bonds is 4. The molecule has 0 fully saturated rings. The average molecular weight is 379 g/mol. The fourth-order valence-corrected chi connectivity index (χ4v) is 4.29. The molecule has 1 aromatic carbocycles.